The number of rotatable bonds is 7. The van der Waals surface area contributed by atoms with E-state index in [2.05, 4.69) is 15.9 Å². The fourth-order valence-corrected chi connectivity index (χ4v) is 5.10. The number of sulfonamides is 1. The molecule has 1 saturated carbocycles. The summed E-state index contributed by atoms with van der Waals surface area (Å²) in [5.74, 6) is -0.607. The molecule has 144 valence electrons. The van der Waals surface area contributed by atoms with Gasteiger partial charge in [-0.2, -0.15) is 4.31 Å². The van der Waals surface area contributed by atoms with E-state index < -0.39 is 15.8 Å². The van der Waals surface area contributed by atoms with Crippen LogP contribution in [-0.2, 0) is 16.6 Å². The summed E-state index contributed by atoms with van der Waals surface area (Å²) in [5, 5.41) is 0. The maximum absolute atomic E-state index is 14.2. The zero-order chi connectivity index (χ0) is 19.8. The van der Waals surface area contributed by atoms with Crippen LogP contribution in [0.3, 0.4) is 0 Å². The van der Waals surface area contributed by atoms with Crippen LogP contribution in [0.4, 0.5) is 4.39 Å². The Balaban J connectivity index is 1.91. The number of hydrogen-bond donors (Lipinski definition) is 0. The van der Waals surface area contributed by atoms with E-state index in [1.54, 1.807) is 31.4 Å². The smallest absolute Gasteiger partial charge is 0.244 e. The van der Waals surface area contributed by atoms with Crippen LogP contribution >= 0.6 is 15.9 Å². The Kier molecular flexibility index (Phi) is 5.69. The van der Waals surface area contributed by atoms with Gasteiger partial charge >= 0.3 is 0 Å². The molecule has 0 unspecified atom stereocenters. The minimum absolute atomic E-state index is 0.0130. The van der Waals surface area contributed by atoms with Gasteiger partial charge in [0.25, 0.3) is 0 Å². The largest absolute Gasteiger partial charge is 0.497 e. The molecule has 0 spiro atoms. The summed E-state index contributed by atoms with van der Waals surface area (Å²) in [6.07, 6.45) is 1.41. The zero-order valence-electron chi connectivity index (χ0n) is 14.9. The van der Waals surface area contributed by atoms with Gasteiger partial charge in [-0.25, -0.2) is 12.8 Å². The first-order valence-electron chi connectivity index (χ1n) is 8.37. The van der Waals surface area contributed by atoms with Crippen molar-refractivity contribution in [2.24, 2.45) is 5.92 Å². The molecule has 0 atom stereocenters. The van der Waals surface area contributed by atoms with E-state index in [4.69, 9.17) is 4.74 Å². The second-order valence-electron chi connectivity index (χ2n) is 6.48. The lowest BCUT2D eigenvalue weighted by Crippen LogP contribution is -2.27. The highest BCUT2D eigenvalue weighted by Crippen LogP contribution is 2.38. The van der Waals surface area contributed by atoms with Crippen LogP contribution in [-0.4, -0.2) is 32.7 Å². The molecular formula is C19H19BrFNO4S. The number of halogens is 2. The van der Waals surface area contributed by atoms with Gasteiger partial charge in [-0.3, -0.25) is 4.79 Å². The predicted octanol–water partition coefficient (Wildman–Crippen LogP) is 4.01. The number of hydrogen-bond acceptors (Lipinski definition) is 4. The third-order valence-electron chi connectivity index (χ3n) is 4.50. The highest BCUT2D eigenvalue weighted by atomic mass is 79.9. The van der Waals surface area contributed by atoms with Crippen molar-refractivity contribution in [3.63, 3.8) is 0 Å². The lowest BCUT2D eigenvalue weighted by Gasteiger charge is -2.19. The molecule has 0 aromatic heterocycles. The Hall–Kier alpha value is -1.77. The lowest BCUT2D eigenvalue weighted by molar-refractivity contribution is 0.0962. The van der Waals surface area contributed by atoms with E-state index >= 15 is 0 Å². The van der Waals surface area contributed by atoms with Crippen LogP contribution in [0.1, 0.15) is 28.8 Å². The van der Waals surface area contributed by atoms with Gasteiger partial charge in [0.15, 0.2) is 5.78 Å². The number of nitrogens with zero attached hydrogens (tertiary/aromatic N) is 1. The molecule has 0 radical (unpaired) electrons. The van der Waals surface area contributed by atoms with Crippen molar-refractivity contribution in [1.82, 2.24) is 4.31 Å². The molecule has 0 aliphatic heterocycles. The second kappa shape index (κ2) is 7.69. The maximum atomic E-state index is 14.2. The lowest BCUT2D eigenvalue weighted by atomic mass is 10.1. The molecule has 5 nitrogen and oxygen atoms in total. The Morgan fingerprint density at radius 1 is 1.22 bits per heavy atom. The van der Waals surface area contributed by atoms with Crippen molar-refractivity contribution in [1.29, 1.82) is 0 Å². The van der Waals surface area contributed by atoms with Gasteiger partial charge in [-0.1, -0.05) is 12.1 Å². The number of carbonyl (C=O) groups excluding carboxylic acids is 1. The Labute approximate surface area is 166 Å². The molecule has 27 heavy (non-hydrogen) atoms. The first kappa shape index (κ1) is 20.0. The predicted molar refractivity (Wildman–Crippen MR) is 103 cm³/mol. The first-order chi connectivity index (χ1) is 12.8. The van der Waals surface area contributed by atoms with Crippen LogP contribution in [0.25, 0.3) is 0 Å². The number of carbonyl (C=O) groups is 1. The normalized spacial score (nSPS) is 14.4. The highest BCUT2D eigenvalue weighted by molar-refractivity contribution is 9.10. The number of benzene rings is 2. The van der Waals surface area contributed by atoms with Crippen molar-refractivity contribution < 1.29 is 22.3 Å². The maximum Gasteiger partial charge on any atom is 0.244 e. The molecule has 0 heterocycles. The van der Waals surface area contributed by atoms with Crippen LogP contribution < -0.4 is 4.74 Å². The topological polar surface area (TPSA) is 63.7 Å². The van der Waals surface area contributed by atoms with E-state index in [0.717, 1.165) is 15.9 Å². The SMILES string of the molecule is COc1ccc(CN(C)S(=O)(=O)c2ccc(F)c(C(=O)C3CC3)c2Br)cc1. The minimum Gasteiger partial charge on any atom is -0.497 e. The number of ether oxygens (including phenoxy) is 1. The Morgan fingerprint density at radius 2 is 1.85 bits per heavy atom. The summed E-state index contributed by atoms with van der Waals surface area (Å²) in [7, 11) is -0.929. The Bertz CT molecular complexity index is 972. The van der Waals surface area contributed by atoms with Crippen molar-refractivity contribution in [2.75, 3.05) is 14.2 Å². The van der Waals surface area contributed by atoms with Gasteiger partial charge in [0, 0.05) is 19.5 Å². The molecule has 3 rings (SSSR count). The average molecular weight is 456 g/mol. The molecule has 8 heteroatoms. The molecule has 2 aromatic rings. The van der Waals surface area contributed by atoms with Crippen LogP contribution in [0.2, 0.25) is 0 Å². The van der Waals surface area contributed by atoms with Crippen molar-refractivity contribution in [2.45, 2.75) is 24.3 Å². The van der Waals surface area contributed by atoms with E-state index in [1.807, 2.05) is 0 Å². The molecule has 0 bridgehead atoms. The number of methoxy groups -OCH3 is 1. The summed E-state index contributed by atoms with van der Waals surface area (Å²) in [4.78, 5) is 12.2. The molecule has 0 saturated heterocycles. The minimum atomic E-state index is -3.93. The van der Waals surface area contributed by atoms with Crippen LogP contribution in [0.5, 0.6) is 5.75 Å². The standard InChI is InChI=1S/C19H19BrFNO4S/c1-22(11-12-3-7-14(26-2)8-4-12)27(24,25)16-10-9-15(21)17(18(16)20)19(23)13-5-6-13/h3-4,7-10,13H,5-6,11H2,1-2H3. The van der Waals surface area contributed by atoms with Crippen LogP contribution in [0, 0.1) is 11.7 Å². The molecule has 1 fully saturated rings. The summed E-state index contributed by atoms with van der Waals surface area (Å²) in [6, 6.07) is 9.25. The molecule has 0 amide bonds. The Morgan fingerprint density at radius 3 is 2.41 bits per heavy atom. The van der Waals surface area contributed by atoms with Crippen molar-refractivity contribution in [3.05, 3.63) is 57.8 Å². The van der Waals surface area contributed by atoms with Gasteiger partial charge in [0.1, 0.15) is 11.6 Å². The summed E-state index contributed by atoms with van der Waals surface area (Å²) < 4.78 is 46.4. The van der Waals surface area contributed by atoms with E-state index in [1.165, 1.54) is 13.1 Å². The molecule has 2 aromatic carbocycles. The summed E-state index contributed by atoms with van der Waals surface area (Å²) in [5.41, 5.74) is 0.589. The fourth-order valence-electron chi connectivity index (χ4n) is 2.75. The van der Waals surface area contributed by atoms with E-state index in [0.29, 0.717) is 18.6 Å². The van der Waals surface area contributed by atoms with Crippen molar-refractivity contribution in [3.8, 4) is 5.75 Å². The third-order valence-corrected chi connectivity index (χ3v) is 7.43. The molecular weight excluding hydrogens is 437 g/mol. The molecule has 0 N–H and O–H groups in total. The van der Waals surface area contributed by atoms with Crippen LogP contribution in [0.15, 0.2) is 45.8 Å². The quantitative estimate of drug-likeness (QED) is 0.591. The van der Waals surface area contributed by atoms with Crippen molar-refractivity contribution >= 4 is 31.7 Å². The molecule has 1 aliphatic rings. The average Bonchev–Trinajstić information content (AvgIpc) is 3.47. The molecule has 1 aliphatic carbocycles. The van der Waals surface area contributed by atoms with Gasteiger partial charge in [0.2, 0.25) is 10.0 Å². The van der Waals surface area contributed by atoms with Gasteiger partial charge in [-0.15, -0.1) is 0 Å². The van der Waals surface area contributed by atoms with Gasteiger partial charge in [0.05, 0.1) is 22.0 Å². The third kappa shape index (κ3) is 4.07. The van der Waals surface area contributed by atoms with Gasteiger partial charge in [-0.05, 0) is 58.6 Å². The summed E-state index contributed by atoms with van der Waals surface area (Å²) >= 11 is 3.15. The first-order valence-corrected chi connectivity index (χ1v) is 10.6. The number of ketones is 1. The number of Topliss-reactive ketones (excluding diaryl/α,β-unsaturated/α-hetero) is 1. The van der Waals surface area contributed by atoms with E-state index in [9.17, 15) is 17.6 Å². The fraction of sp³-hybridized carbons (Fsp3) is 0.316. The monoisotopic (exact) mass is 455 g/mol. The zero-order valence-corrected chi connectivity index (χ0v) is 17.3. The highest BCUT2D eigenvalue weighted by Gasteiger charge is 2.35. The summed E-state index contributed by atoms with van der Waals surface area (Å²) in [6.45, 7) is 0.127. The second-order valence-corrected chi connectivity index (χ2v) is 9.29. The van der Waals surface area contributed by atoms with E-state index in [-0.39, 0.29) is 33.2 Å². The van der Waals surface area contributed by atoms with Gasteiger partial charge < -0.3 is 4.74 Å².